The van der Waals surface area contributed by atoms with Crippen molar-refractivity contribution in [2.24, 2.45) is 5.92 Å². The van der Waals surface area contributed by atoms with Gasteiger partial charge in [-0.2, -0.15) is 4.98 Å². The number of aliphatic hydroxyl groups is 1. The number of anilines is 2. The molecule has 1 aliphatic rings. The number of rotatable bonds is 4. The third kappa shape index (κ3) is 2.79. The van der Waals surface area contributed by atoms with Gasteiger partial charge in [0.2, 0.25) is 5.95 Å². The lowest BCUT2D eigenvalue weighted by Gasteiger charge is -2.20. The van der Waals surface area contributed by atoms with Crippen molar-refractivity contribution in [3.8, 4) is 0 Å². The Balaban J connectivity index is 2.12. The highest BCUT2D eigenvalue weighted by atomic mass is 35.5. The Morgan fingerprint density at radius 2 is 2.35 bits per heavy atom. The molecule has 1 aromatic heterocycles. The minimum atomic E-state index is 0.208. The summed E-state index contributed by atoms with van der Waals surface area (Å²) in [6.07, 6.45) is 4.80. The SMILES string of the molecule is CNc1ncc(Cl)c(NC2CCCC2CO)n1. The molecule has 3 N–H and O–H groups in total. The van der Waals surface area contributed by atoms with E-state index >= 15 is 0 Å². The minimum Gasteiger partial charge on any atom is -0.396 e. The number of hydrogen-bond donors (Lipinski definition) is 3. The lowest BCUT2D eigenvalue weighted by molar-refractivity contribution is 0.222. The number of nitrogens with one attached hydrogen (secondary N) is 2. The minimum absolute atomic E-state index is 0.208. The topological polar surface area (TPSA) is 70.1 Å². The van der Waals surface area contributed by atoms with Gasteiger partial charge in [-0.1, -0.05) is 18.0 Å². The van der Waals surface area contributed by atoms with Crippen LogP contribution in [-0.2, 0) is 0 Å². The summed E-state index contributed by atoms with van der Waals surface area (Å²) in [5, 5.41) is 15.9. The Bertz CT molecular complexity index is 388. The molecule has 0 saturated heterocycles. The van der Waals surface area contributed by atoms with E-state index in [0.717, 1.165) is 19.3 Å². The molecule has 1 saturated carbocycles. The van der Waals surface area contributed by atoms with Gasteiger partial charge in [0.05, 0.1) is 6.20 Å². The Morgan fingerprint density at radius 1 is 1.53 bits per heavy atom. The lowest BCUT2D eigenvalue weighted by Crippen LogP contribution is -2.27. The van der Waals surface area contributed by atoms with Gasteiger partial charge in [0.25, 0.3) is 0 Å². The van der Waals surface area contributed by atoms with Crippen LogP contribution in [-0.4, -0.2) is 34.8 Å². The third-order valence-corrected chi connectivity index (χ3v) is 3.46. The molecule has 1 fully saturated rings. The molecule has 0 amide bonds. The zero-order chi connectivity index (χ0) is 12.3. The van der Waals surface area contributed by atoms with Crippen LogP contribution in [0.15, 0.2) is 6.20 Å². The summed E-state index contributed by atoms with van der Waals surface area (Å²) in [6.45, 7) is 0.208. The van der Waals surface area contributed by atoms with Crippen molar-refractivity contribution in [2.75, 3.05) is 24.3 Å². The van der Waals surface area contributed by atoms with Gasteiger partial charge in [-0.15, -0.1) is 0 Å². The van der Waals surface area contributed by atoms with Crippen LogP contribution in [0.3, 0.4) is 0 Å². The smallest absolute Gasteiger partial charge is 0.224 e. The van der Waals surface area contributed by atoms with Gasteiger partial charge in [0.1, 0.15) is 5.02 Å². The first-order valence-electron chi connectivity index (χ1n) is 5.82. The molecule has 1 aromatic rings. The van der Waals surface area contributed by atoms with Crippen molar-refractivity contribution in [1.82, 2.24) is 9.97 Å². The van der Waals surface area contributed by atoms with E-state index in [4.69, 9.17) is 11.6 Å². The Labute approximate surface area is 106 Å². The van der Waals surface area contributed by atoms with E-state index in [2.05, 4.69) is 20.6 Å². The Morgan fingerprint density at radius 3 is 3.06 bits per heavy atom. The van der Waals surface area contributed by atoms with E-state index < -0.39 is 0 Å². The highest BCUT2D eigenvalue weighted by molar-refractivity contribution is 6.32. The first-order chi connectivity index (χ1) is 8.24. The number of aliphatic hydroxyl groups excluding tert-OH is 1. The van der Waals surface area contributed by atoms with Gasteiger partial charge in [-0.05, 0) is 12.8 Å². The molecule has 5 nitrogen and oxygen atoms in total. The standard InChI is InChI=1S/C11H17ClN4O/c1-13-11-14-5-8(12)10(16-11)15-9-4-2-3-7(9)6-17/h5,7,9,17H,2-4,6H2,1H3,(H2,13,14,15,16). The number of aromatic nitrogens is 2. The summed E-state index contributed by atoms with van der Waals surface area (Å²) in [6, 6.07) is 0.247. The molecule has 2 rings (SSSR count). The van der Waals surface area contributed by atoms with E-state index in [9.17, 15) is 5.11 Å². The van der Waals surface area contributed by atoms with Crippen LogP contribution >= 0.6 is 11.6 Å². The summed E-state index contributed by atoms with van der Waals surface area (Å²) in [5.74, 6) is 1.46. The summed E-state index contributed by atoms with van der Waals surface area (Å²) in [4.78, 5) is 8.30. The molecule has 0 radical (unpaired) electrons. The first-order valence-corrected chi connectivity index (χ1v) is 6.20. The molecule has 1 heterocycles. The third-order valence-electron chi connectivity index (χ3n) is 3.18. The zero-order valence-corrected chi connectivity index (χ0v) is 10.5. The molecular weight excluding hydrogens is 240 g/mol. The van der Waals surface area contributed by atoms with E-state index in [1.807, 2.05) is 0 Å². The van der Waals surface area contributed by atoms with Crippen LogP contribution in [0.25, 0.3) is 0 Å². The van der Waals surface area contributed by atoms with Gasteiger partial charge in [0.15, 0.2) is 5.82 Å². The van der Waals surface area contributed by atoms with Crippen LogP contribution in [0.5, 0.6) is 0 Å². The zero-order valence-electron chi connectivity index (χ0n) is 9.78. The Kier molecular flexibility index (Phi) is 4.02. The number of nitrogens with zero attached hydrogens (tertiary/aromatic N) is 2. The molecule has 17 heavy (non-hydrogen) atoms. The summed E-state index contributed by atoms with van der Waals surface area (Å²) >= 11 is 6.04. The van der Waals surface area contributed by atoms with Crippen molar-refractivity contribution in [1.29, 1.82) is 0 Å². The maximum Gasteiger partial charge on any atom is 0.224 e. The van der Waals surface area contributed by atoms with Crippen LogP contribution in [0.2, 0.25) is 5.02 Å². The van der Waals surface area contributed by atoms with Crippen LogP contribution < -0.4 is 10.6 Å². The van der Waals surface area contributed by atoms with E-state index in [1.165, 1.54) is 0 Å². The van der Waals surface area contributed by atoms with Crippen molar-refractivity contribution in [2.45, 2.75) is 25.3 Å². The molecule has 6 heteroatoms. The highest BCUT2D eigenvalue weighted by Gasteiger charge is 2.27. The largest absolute Gasteiger partial charge is 0.396 e. The van der Waals surface area contributed by atoms with Gasteiger partial charge < -0.3 is 15.7 Å². The second-order valence-corrected chi connectivity index (χ2v) is 4.67. The molecule has 0 aliphatic heterocycles. The first kappa shape index (κ1) is 12.4. The van der Waals surface area contributed by atoms with E-state index in [0.29, 0.717) is 22.7 Å². The predicted octanol–water partition coefficient (Wildman–Crippen LogP) is 1.74. The maximum absolute atomic E-state index is 9.27. The number of halogens is 1. The second kappa shape index (κ2) is 5.51. The Hall–Kier alpha value is -1.07. The van der Waals surface area contributed by atoms with Gasteiger partial charge >= 0.3 is 0 Å². The number of hydrogen-bond acceptors (Lipinski definition) is 5. The molecular formula is C11H17ClN4O. The molecule has 94 valence electrons. The molecule has 0 spiro atoms. The average molecular weight is 257 g/mol. The summed E-state index contributed by atoms with van der Waals surface area (Å²) in [7, 11) is 1.76. The average Bonchev–Trinajstić information content (AvgIpc) is 2.79. The van der Waals surface area contributed by atoms with Crippen molar-refractivity contribution in [3.63, 3.8) is 0 Å². The molecule has 0 bridgehead atoms. The lowest BCUT2D eigenvalue weighted by atomic mass is 10.1. The monoisotopic (exact) mass is 256 g/mol. The highest BCUT2D eigenvalue weighted by Crippen LogP contribution is 2.30. The van der Waals surface area contributed by atoms with Gasteiger partial charge in [-0.25, -0.2) is 4.98 Å². The van der Waals surface area contributed by atoms with E-state index in [1.54, 1.807) is 13.2 Å². The fraction of sp³-hybridized carbons (Fsp3) is 0.636. The van der Waals surface area contributed by atoms with Crippen molar-refractivity contribution >= 4 is 23.4 Å². The fourth-order valence-electron chi connectivity index (χ4n) is 2.21. The van der Waals surface area contributed by atoms with Crippen molar-refractivity contribution < 1.29 is 5.11 Å². The van der Waals surface area contributed by atoms with Gasteiger partial charge in [0, 0.05) is 25.6 Å². The fourth-order valence-corrected chi connectivity index (χ4v) is 2.36. The molecule has 2 unspecified atom stereocenters. The van der Waals surface area contributed by atoms with Crippen molar-refractivity contribution in [3.05, 3.63) is 11.2 Å². The van der Waals surface area contributed by atoms with Crippen LogP contribution in [0.4, 0.5) is 11.8 Å². The summed E-state index contributed by atoms with van der Waals surface area (Å²) in [5.41, 5.74) is 0. The maximum atomic E-state index is 9.27. The molecule has 0 aromatic carbocycles. The van der Waals surface area contributed by atoms with Crippen LogP contribution in [0.1, 0.15) is 19.3 Å². The quantitative estimate of drug-likeness (QED) is 0.766. The van der Waals surface area contributed by atoms with Crippen LogP contribution in [0, 0.1) is 5.92 Å². The van der Waals surface area contributed by atoms with Gasteiger partial charge in [-0.3, -0.25) is 0 Å². The second-order valence-electron chi connectivity index (χ2n) is 4.26. The normalized spacial score (nSPS) is 23.7. The predicted molar refractivity (Wildman–Crippen MR) is 68.4 cm³/mol. The molecule has 1 aliphatic carbocycles. The van der Waals surface area contributed by atoms with E-state index in [-0.39, 0.29) is 12.6 Å². The summed E-state index contributed by atoms with van der Waals surface area (Å²) < 4.78 is 0. The molecule has 2 atom stereocenters.